The topological polar surface area (TPSA) is 87.6 Å². The Kier molecular flexibility index (Phi) is 7.23. The quantitative estimate of drug-likeness (QED) is 0.344. The van der Waals surface area contributed by atoms with Gasteiger partial charge in [0.05, 0.1) is 31.4 Å². The smallest absolute Gasteiger partial charge is 0.271 e. The van der Waals surface area contributed by atoms with E-state index in [0.717, 1.165) is 0 Å². The maximum Gasteiger partial charge on any atom is 0.271 e. The lowest BCUT2D eigenvalue weighted by molar-refractivity contribution is 0.0954. The fourth-order valence-electron chi connectivity index (χ4n) is 2.54. The van der Waals surface area contributed by atoms with E-state index in [4.69, 9.17) is 34.8 Å². The minimum absolute atomic E-state index is 0.0924. The molecule has 0 atom stereocenters. The zero-order valence-corrected chi connectivity index (χ0v) is 19.1. The van der Waals surface area contributed by atoms with Gasteiger partial charge in [0.1, 0.15) is 0 Å². The molecule has 0 aliphatic rings. The third kappa shape index (κ3) is 5.77. The van der Waals surface area contributed by atoms with Gasteiger partial charge < -0.3 is 0 Å². The van der Waals surface area contributed by atoms with Crippen LogP contribution in [0.4, 0.5) is 5.69 Å². The summed E-state index contributed by atoms with van der Waals surface area (Å²) in [5.74, 6) is -0.575. The molecule has 3 rings (SSSR count). The molecular formula is C21H16Cl3N3O3S. The Hall–Kier alpha value is -2.58. The second-order valence-electron chi connectivity index (χ2n) is 6.38. The van der Waals surface area contributed by atoms with Gasteiger partial charge in [0, 0.05) is 5.56 Å². The Bertz CT molecular complexity index is 1280. The first kappa shape index (κ1) is 23.1. The van der Waals surface area contributed by atoms with Gasteiger partial charge in [-0.2, -0.15) is 5.10 Å². The number of carbonyl (C=O) groups excluding carboxylic acids is 1. The van der Waals surface area contributed by atoms with E-state index in [1.807, 2.05) is 0 Å². The van der Waals surface area contributed by atoms with Crippen LogP contribution >= 0.6 is 34.8 Å². The molecule has 0 saturated heterocycles. The predicted molar refractivity (Wildman–Crippen MR) is 125 cm³/mol. The molecule has 6 nitrogen and oxygen atoms in total. The van der Waals surface area contributed by atoms with Crippen molar-refractivity contribution in [2.45, 2.75) is 11.8 Å². The van der Waals surface area contributed by atoms with E-state index in [1.54, 1.807) is 43.3 Å². The van der Waals surface area contributed by atoms with Gasteiger partial charge in [0.2, 0.25) is 0 Å². The molecule has 0 unspecified atom stereocenters. The van der Waals surface area contributed by atoms with Crippen LogP contribution in [0.2, 0.25) is 15.1 Å². The minimum Gasteiger partial charge on any atom is -0.278 e. The molecule has 0 radical (unpaired) electrons. The van der Waals surface area contributed by atoms with Crippen molar-refractivity contribution in [3.05, 3.63) is 92.9 Å². The van der Waals surface area contributed by atoms with E-state index in [9.17, 15) is 13.2 Å². The first-order valence-corrected chi connectivity index (χ1v) is 11.5. The molecule has 0 aromatic heterocycles. The highest BCUT2D eigenvalue weighted by molar-refractivity contribution is 7.92. The van der Waals surface area contributed by atoms with Gasteiger partial charge in [0.25, 0.3) is 15.9 Å². The lowest BCUT2D eigenvalue weighted by Gasteiger charge is -2.10. The van der Waals surface area contributed by atoms with Gasteiger partial charge in [-0.25, -0.2) is 13.8 Å². The number of hydrazone groups is 1. The standard InChI is InChI=1S/C21H16Cl3N3O3S/c1-13(14-9-10-17(22)19(24)12-14)25-26-21(28)15-5-4-6-16(11-15)31(29,30)27-20-8-3-2-7-18(20)23/h2-12,27H,1H3,(H,26,28). The summed E-state index contributed by atoms with van der Waals surface area (Å²) in [6.07, 6.45) is 0. The molecule has 0 aliphatic heterocycles. The van der Waals surface area contributed by atoms with Crippen LogP contribution in [0.15, 0.2) is 76.7 Å². The lowest BCUT2D eigenvalue weighted by atomic mass is 10.1. The number of nitrogens with zero attached hydrogens (tertiary/aromatic N) is 1. The third-order valence-corrected chi connectivity index (χ3v) is 6.62. The van der Waals surface area contributed by atoms with Crippen LogP contribution < -0.4 is 10.1 Å². The minimum atomic E-state index is -3.95. The van der Waals surface area contributed by atoms with Gasteiger partial charge in [-0.1, -0.05) is 59.1 Å². The number of rotatable bonds is 6. The van der Waals surface area contributed by atoms with Crippen molar-refractivity contribution in [2.75, 3.05) is 4.72 Å². The number of hydrogen-bond donors (Lipinski definition) is 2. The molecule has 10 heteroatoms. The lowest BCUT2D eigenvalue weighted by Crippen LogP contribution is -2.20. The molecule has 0 saturated carbocycles. The van der Waals surface area contributed by atoms with E-state index in [1.165, 1.54) is 30.3 Å². The summed E-state index contributed by atoms with van der Waals surface area (Å²) in [6.45, 7) is 1.69. The van der Waals surface area contributed by atoms with Crippen LogP contribution in [0.3, 0.4) is 0 Å². The summed E-state index contributed by atoms with van der Waals surface area (Å²) in [7, 11) is -3.95. The molecule has 2 N–H and O–H groups in total. The average Bonchev–Trinajstić information content (AvgIpc) is 2.75. The van der Waals surface area contributed by atoms with Crippen molar-refractivity contribution < 1.29 is 13.2 Å². The Morgan fingerprint density at radius 3 is 2.29 bits per heavy atom. The van der Waals surface area contributed by atoms with E-state index < -0.39 is 15.9 Å². The monoisotopic (exact) mass is 495 g/mol. The van der Waals surface area contributed by atoms with Crippen LogP contribution in [-0.2, 0) is 10.0 Å². The molecule has 0 bridgehead atoms. The largest absolute Gasteiger partial charge is 0.278 e. The fraction of sp³-hybridized carbons (Fsp3) is 0.0476. The predicted octanol–water partition coefficient (Wildman–Crippen LogP) is 5.60. The van der Waals surface area contributed by atoms with Gasteiger partial charge in [-0.3, -0.25) is 9.52 Å². The van der Waals surface area contributed by atoms with Crippen molar-refractivity contribution in [1.29, 1.82) is 0 Å². The van der Waals surface area contributed by atoms with Gasteiger partial charge in [0.15, 0.2) is 0 Å². The van der Waals surface area contributed by atoms with Crippen molar-refractivity contribution in [2.24, 2.45) is 5.10 Å². The Morgan fingerprint density at radius 2 is 1.58 bits per heavy atom. The molecule has 1 amide bonds. The first-order valence-electron chi connectivity index (χ1n) is 8.85. The van der Waals surface area contributed by atoms with E-state index in [-0.39, 0.29) is 21.2 Å². The van der Waals surface area contributed by atoms with E-state index >= 15 is 0 Å². The molecule has 3 aromatic rings. The van der Waals surface area contributed by atoms with Crippen molar-refractivity contribution >= 4 is 62.1 Å². The van der Waals surface area contributed by atoms with Gasteiger partial charge >= 0.3 is 0 Å². The Morgan fingerprint density at radius 1 is 0.839 bits per heavy atom. The number of hydrogen-bond acceptors (Lipinski definition) is 4. The Balaban J connectivity index is 1.78. The zero-order chi connectivity index (χ0) is 22.6. The molecular weight excluding hydrogens is 481 g/mol. The number of benzene rings is 3. The highest BCUT2D eigenvalue weighted by atomic mass is 35.5. The number of nitrogens with one attached hydrogen (secondary N) is 2. The van der Waals surface area contributed by atoms with E-state index in [2.05, 4.69) is 15.2 Å². The second-order valence-corrected chi connectivity index (χ2v) is 9.28. The maximum absolute atomic E-state index is 12.7. The number of anilines is 1. The molecule has 0 fully saturated rings. The van der Waals surface area contributed by atoms with Crippen molar-refractivity contribution in [1.82, 2.24) is 5.43 Å². The van der Waals surface area contributed by atoms with Crippen molar-refractivity contribution in [3.63, 3.8) is 0 Å². The molecule has 160 valence electrons. The number of amides is 1. The molecule has 0 spiro atoms. The molecule has 31 heavy (non-hydrogen) atoms. The number of sulfonamides is 1. The van der Waals surface area contributed by atoms with Gasteiger partial charge in [-0.05, 0) is 55.0 Å². The summed E-state index contributed by atoms with van der Waals surface area (Å²) in [5, 5.41) is 5.07. The summed E-state index contributed by atoms with van der Waals surface area (Å²) >= 11 is 17.9. The van der Waals surface area contributed by atoms with Crippen LogP contribution in [0.5, 0.6) is 0 Å². The van der Waals surface area contributed by atoms with Crippen LogP contribution in [-0.4, -0.2) is 20.0 Å². The Labute approximate surface area is 194 Å². The van der Waals surface area contributed by atoms with Crippen molar-refractivity contribution in [3.8, 4) is 0 Å². The zero-order valence-electron chi connectivity index (χ0n) is 16.1. The van der Waals surface area contributed by atoms with Gasteiger partial charge in [-0.15, -0.1) is 0 Å². The molecule has 3 aromatic carbocycles. The number of halogens is 3. The summed E-state index contributed by atoms with van der Waals surface area (Å²) in [4.78, 5) is 12.4. The van der Waals surface area contributed by atoms with Crippen LogP contribution in [0, 0.1) is 0 Å². The second kappa shape index (κ2) is 9.70. The highest BCUT2D eigenvalue weighted by Gasteiger charge is 2.17. The first-order chi connectivity index (χ1) is 14.7. The highest BCUT2D eigenvalue weighted by Crippen LogP contribution is 2.25. The fourth-order valence-corrected chi connectivity index (χ4v) is 4.20. The summed E-state index contributed by atoms with van der Waals surface area (Å²) in [5.41, 5.74) is 3.93. The third-order valence-electron chi connectivity index (χ3n) is 4.19. The normalized spacial score (nSPS) is 11.8. The van der Waals surface area contributed by atoms with Crippen LogP contribution in [0.1, 0.15) is 22.8 Å². The number of carbonyl (C=O) groups is 1. The average molecular weight is 497 g/mol. The van der Waals surface area contributed by atoms with Crippen LogP contribution in [0.25, 0.3) is 0 Å². The number of para-hydroxylation sites is 1. The SMILES string of the molecule is CC(=NNC(=O)c1cccc(S(=O)(=O)Nc2ccccc2Cl)c1)c1ccc(Cl)c(Cl)c1. The van der Waals surface area contributed by atoms with E-state index in [0.29, 0.717) is 21.3 Å². The molecule has 0 aliphatic carbocycles. The summed E-state index contributed by atoms with van der Waals surface area (Å²) in [6, 6.07) is 17.0. The summed E-state index contributed by atoms with van der Waals surface area (Å²) < 4.78 is 27.8. The molecule has 0 heterocycles. The maximum atomic E-state index is 12.7.